The van der Waals surface area contributed by atoms with E-state index in [4.69, 9.17) is 0 Å². The predicted octanol–water partition coefficient (Wildman–Crippen LogP) is -1.27. The van der Waals surface area contributed by atoms with Crippen molar-refractivity contribution in [1.82, 2.24) is 4.98 Å². The van der Waals surface area contributed by atoms with Crippen molar-refractivity contribution in [3.63, 3.8) is 0 Å². The second kappa shape index (κ2) is 4.89. The number of aromatic nitrogens is 1. The van der Waals surface area contributed by atoms with Crippen LogP contribution < -0.4 is 22.0 Å². The van der Waals surface area contributed by atoms with Crippen molar-refractivity contribution >= 4 is 34.0 Å². The Morgan fingerprint density at radius 2 is 1.83 bits per heavy atom. The van der Waals surface area contributed by atoms with Crippen LogP contribution in [0.25, 0.3) is 10.9 Å². The summed E-state index contributed by atoms with van der Waals surface area (Å²) in [6.45, 7) is 2.01. The molecule has 0 fully saturated rings. The summed E-state index contributed by atoms with van der Waals surface area (Å²) in [4.78, 5) is 4.31. The molecule has 0 amide bonds. The van der Waals surface area contributed by atoms with Crippen molar-refractivity contribution in [2.24, 2.45) is 0 Å². The quantitative estimate of drug-likeness (QED) is 0.519. The predicted molar refractivity (Wildman–Crippen MR) is 47.8 cm³/mol. The minimum atomic E-state index is 0. The summed E-state index contributed by atoms with van der Waals surface area (Å²) in [5, 5.41) is 1.24. The minimum Gasteiger partial charge on any atom is -1.00 e. The van der Waals surface area contributed by atoms with E-state index in [1.165, 1.54) is 5.39 Å². The van der Waals surface area contributed by atoms with Crippen molar-refractivity contribution < 1.29 is 17.0 Å². The van der Waals surface area contributed by atoms with Gasteiger partial charge in [0.15, 0.2) is 0 Å². The van der Waals surface area contributed by atoms with E-state index in [2.05, 4.69) is 17.1 Å². The molecule has 0 atom stereocenters. The van der Waals surface area contributed by atoms with Crippen LogP contribution in [0.2, 0.25) is 0 Å². The molecule has 3 heteroatoms. The van der Waals surface area contributed by atoms with Gasteiger partial charge in [-0.3, -0.25) is 0 Å². The Morgan fingerprint density at radius 1 is 1.17 bits per heavy atom. The van der Waals surface area contributed by atoms with Crippen LogP contribution in [0.4, 0.5) is 0 Å². The van der Waals surface area contributed by atoms with Gasteiger partial charge in [0.05, 0.1) is 0 Å². The summed E-state index contributed by atoms with van der Waals surface area (Å²) in [6.07, 6.45) is 0. The molecule has 0 radical (unpaired) electrons. The molecule has 58 valence electrons. The van der Waals surface area contributed by atoms with Crippen molar-refractivity contribution in [2.45, 2.75) is 6.92 Å². The molecule has 1 aromatic carbocycles. The maximum Gasteiger partial charge on any atom is 2.00 e. The molecular weight excluding hydrogens is 226 g/mol. The van der Waals surface area contributed by atoms with E-state index in [9.17, 15) is 0 Å². The molecular formula is C9H8BrMgN. The first-order chi connectivity index (χ1) is 4.86. The fourth-order valence-corrected chi connectivity index (χ4v) is 1.16. The maximum atomic E-state index is 4.31. The van der Waals surface area contributed by atoms with E-state index in [-0.39, 0.29) is 40.0 Å². The van der Waals surface area contributed by atoms with Crippen LogP contribution in [-0.2, 0) is 0 Å². The Hall–Kier alpha value is 0.00623. The molecule has 2 aromatic rings. The molecule has 1 heterocycles. The van der Waals surface area contributed by atoms with Gasteiger partial charge in [0.1, 0.15) is 0 Å². The minimum absolute atomic E-state index is 0. The first kappa shape index (κ1) is 12.0. The average Bonchev–Trinajstić information content (AvgIpc) is 2.27. The first-order valence-electron chi connectivity index (χ1n) is 3.35. The van der Waals surface area contributed by atoms with Gasteiger partial charge in [-0.15, -0.1) is 5.52 Å². The smallest absolute Gasteiger partial charge is 1.00 e. The van der Waals surface area contributed by atoms with Crippen LogP contribution in [0.3, 0.4) is 0 Å². The maximum absolute atomic E-state index is 4.31. The number of hydrogen-bond donors (Lipinski definition) is 0. The molecule has 0 unspecified atom stereocenters. The number of fused-ring (bicyclic) bond motifs is 1. The van der Waals surface area contributed by atoms with Crippen molar-refractivity contribution in [2.75, 3.05) is 0 Å². The summed E-state index contributed by atoms with van der Waals surface area (Å²) in [5.74, 6) is 0. The molecule has 0 aliphatic heterocycles. The van der Waals surface area contributed by atoms with Gasteiger partial charge < -0.3 is 22.0 Å². The Bertz CT molecular complexity index is 323. The Labute approximate surface area is 98.5 Å². The zero-order valence-electron chi connectivity index (χ0n) is 6.92. The fourth-order valence-electron chi connectivity index (χ4n) is 1.16. The number of para-hydroxylation sites is 1. The van der Waals surface area contributed by atoms with Gasteiger partial charge >= 0.3 is 23.1 Å². The van der Waals surface area contributed by atoms with Crippen LogP contribution in [0.1, 0.15) is 5.69 Å². The molecule has 1 aromatic heterocycles. The number of benzene rings is 1. The molecule has 2 rings (SSSR count). The Kier molecular flexibility index (Phi) is 4.90. The zero-order chi connectivity index (χ0) is 6.97. The van der Waals surface area contributed by atoms with Crippen LogP contribution in [-0.4, -0.2) is 23.1 Å². The number of aryl methyl sites for hydroxylation is 1. The number of nitrogens with zero attached hydrogens (tertiary/aromatic N) is 1. The fraction of sp³-hybridized carbons (Fsp3) is 0.111. The van der Waals surface area contributed by atoms with Gasteiger partial charge in [0.25, 0.3) is 0 Å². The van der Waals surface area contributed by atoms with Gasteiger partial charge in [-0.05, 0) is 5.39 Å². The molecule has 0 saturated heterocycles. The topological polar surface area (TPSA) is 14.1 Å². The van der Waals surface area contributed by atoms with Crippen molar-refractivity contribution in [1.29, 1.82) is 0 Å². The third kappa shape index (κ3) is 2.25. The standard InChI is InChI=1S/C9H8N.BrH.Mg/c1-7-6-8-4-2-3-5-9(8)10-7;;/h2-6H,1H3;1H;/q-1;;+2/p-1. The third-order valence-corrected chi connectivity index (χ3v) is 1.60. The Balaban J connectivity index is 0.000000605. The number of halogens is 1. The molecule has 0 saturated carbocycles. The molecule has 0 N–H and O–H groups in total. The van der Waals surface area contributed by atoms with Gasteiger partial charge in [0.2, 0.25) is 0 Å². The van der Waals surface area contributed by atoms with E-state index < -0.39 is 0 Å². The second-order valence-corrected chi connectivity index (χ2v) is 2.46. The first-order valence-corrected chi connectivity index (χ1v) is 3.35. The van der Waals surface area contributed by atoms with E-state index >= 15 is 0 Å². The van der Waals surface area contributed by atoms with E-state index in [0.717, 1.165) is 11.2 Å². The van der Waals surface area contributed by atoms with E-state index in [0.29, 0.717) is 0 Å². The summed E-state index contributed by atoms with van der Waals surface area (Å²) in [7, 11) is 0. The third-order valence-electron chi connectivity index (χ3n) is 1.60. The molecule has 12 heavy (non-hydrogen) atoms. The summed E-state index contributed by atoms with van der Waals surface area (Å²) in [6, 6.07) is 10.2. The van der Waals surface area contributed by atoms with E-state index in [1.54, 1.807) is 0 Å². The normalized spacial score (nSPS) is 8.75. The molecule has 0 aliphatic carbocycles. The number of hydrogen-bond acceptors (Lipinski definition) is 0. The van der Waals surface area contributed by atoms with Crippen molar-refractivity contribution in [3.05, 3.63) is 36.0 Å². The van der Waals surface area contributed by atoms with Crippen LogP contribution in [0, 0.1) is 6.92 Å². The van der Waals surface area contributed by atoms with Crippen LogP contribution in [0.5, 0.6) is 0 Å². The number of rotatable bonds is 0. The largest absolute Gasteiger partial charge is 2.00 e. The molecule has 0 spiro atoms. The summed E-state index contributed by atoms with van der Waals surface area (Å²) >= 11 is 0. The van der Waals surface area contributed by atoms with Gasteiger partial charge in [-0.2, -0.15) is 5.69 Å². The van der Waals surface area contributed by atoms with Crippen molar-refractivity contribution in [3.8, 4) is 0 Å². The average molecular weight is 234 g/mol. The van der Waals surface area contributed by atoms with Gasteiger partial charge in [-0.1, -0.05) is 37.3 Å². The second-order valence-electron chi connectivity index (χ2n) is 2.46. The van der Waals surface area contributed by atoms with Gasteiger partial charge in [0, 0.05) is 0 Å². The summed E-state index contributed by atoms with van der Waals surface area (Å²) < 4.78 is 0. The molecule has 0 aliphatic rings. The summed E-state index contributed by atoms with van der Waals surface area (Å²) in [5.41, 5.74) is 2.20. The molecule has 0 bridgehead atoms. The monoisotopic (exact) mass is 233 g/mol. The van der Waals surface area contributed by atoms with Crippen LogP contribution >= 0.6 is 0 Å². The SMILES string of the molecule is Cc1cc2ccccc2[n-]1.[Br-].[Mg+2]. The van der Waals surface area contributed by atoms with E-state index in [1.807, 2.05) is 25.1 Å². The molecule has 1 nitrogen and oxygen atoms in total. The van der Waals surface area contributed by atoms with Crippen LogP contribution in [0.15, 0.2) is 30.3 Å². The Morgan fingerprint density at radius 3 is 2.50 bits per heavy atom. The van der Waals surface area contributed by atoms with Gasteiger partial charge in [-0.25, -0.2) is 0 Å². The zero-order valence-corrected chi connectivity index (χ0v) is 9.92.